The third-order valence-corrected chi connectivity index (χ3v) is 2.73. The number of benzene rings is 1. The average Bonchev–Trinajstić information content (AvgIpc) is 2.47. The van der Waals surface area contributed by atoms with Crippen molar-refractivity contribution in [2.45, 2.75) is 26.2 Å². The quantitative estimate of drug-likeness (QED) is 0.585. The molecule has 1 N–H and O–H groups in total. The van der Waals surface area contributed by atoms with Gasteiger partial charge in [-0.2, -0.15) is 0 Å². The molecule has 0 aliphatic heterocycles. The van der Waals surface area contributed by atoms with Crippen LogP contribution in [0.4, 0.5) is 0 Å². The first-order valence-electron chi connectivity index (χ1n) is 6.75. The molecule has 20 heavy (non-hydrogen) atoms. The van der Waals surface area contributed by atoms with Crippen LogP contribution in [0.3, 0.4) is 0 Å². The summed E-state index contributed by atoms with van der Waals surface area (Å²) in [6.07, 6.45) is 2.04. The van der Waals surface area contributed by atoms with Gasteiger partial charge >= 0.3 is 5.97 Å². The Labute approximate surface area is 119 Å². The van der Waals surface area contributed by atoms with Crippen LogP contribution in [0, 0.1) is 0 Å². The Morgan fingerprint density at radius 1 is 1.20 bits per heavy atom. The van der Waals surface area contributed by atoms with Crippen molar-refractivity contribution in [3.8, 4) is 5.75 Å². The Hall–Kier alpha value is -2.04. The molecule has 0 aliphatic carbocycles. The van der Waals surface area contributed by atoms with Crippen LogP contribution in [0.2, 0.25) is 0 Å². The molecule has 1 aromatic carbocycles. The Morgan fingerprint density at radius 3 is 2.50 bits per heavy atom. The summed E-state index contributed by atoms with van der Waals surface area (Å²) in [7, 11) is 1.57. The van der Waals surface area contributed by atoms with Gasteiger partial charge in [0.15, 0.2) is 0 Å². The number of ether oxygens (including phenoxy) is 2. The summed E-state index contributed by atoms with van der Waals surface area (Å²) < 4.78 is 10.0. The average molecular weight is 279 g/mol. The highest BCUT2D eigenvalue weighted by Gasteiger charge is 2.07. The van der Waals surface area contributed by atoms with E-state index in [-0.39, 0.29) is 24.8 Å². The van der Waals surface area contributed by atoms with Crippen LogP contribution in [0.1, 0.15) is 36.5 Å². The second-order valence-corrected chi connectivity index (χ2v) is 4.31. The van der Waals surface area contributed by atoms with Gasteiger partial charge in [0, 0.05) is 12.1 Å². The van der Waals surface area contributed by atoms with E-state index in [1.165, 1.54) is 0 Å². The van der Waals surface area contributed by atoms with Crippen molar-refractivity contribution < 1.29 is 19.1 Å². The van der Waals surface area contributed by atoms with E-state index in [0.717, 1.165) is 12.8 Å². The molecule has 0 heterocycles. The maximum Gasteiger partial charge on any atom is 0.307 e. The second kappa shape index (κ2) is 8.96. The number of methoxy groups -OCH3 is 1. The molecule has 0 bridgehead atoms. The third kappa shape index (κ3) is 5.73. The van der Waals surface area contributed by atoms with Crippen LogP contribution < -0.4 is 10.1 Å². The van der Waals surface area contributed by atoms with E-state index in [4.69, 9.17) is 9.47 Å². The molecule has 5 nitrogen and oxygen atoms in total. The molecule has 0 saturated heterocycles. The molecule has 0 fully saturated rings. The highest BCUT2D eigenvalue weighted by molar-refractivity contribution is 5.94. The van der Waals surface area contributed by atoms with Gasteiger partial charge in [0.05, 0.1) is 20.1 Å². The number of amides is 1. The molecule has 110 valence electrons. The van der Waals surface area contributed by atoms with E-state index in [1.807, 2.05) is 6.92 Å². The molecule has 0 atom stereocenters. The van der Waals surface area contributed by atoms with Gasteiger partial charge in [-0.15, -0.1) is 0 Å². The maximum absolute atomic E-state index is 11.8. The lowest BCUT2D eigenvalue weighted by Gasteiger charge is -2.06. The van der Waals surface area contributed by atoms with Gasteiger partial charge in [-0.1, -0.05) is 13.3 Å². The number of carbonyl (C=O) groups excluding carboxylic acids is 2. The van der Waals surface area contributed by atoms with Gasteiger partial charge < -0.3 is 14.8 Å². The van der Waals surface area contributed by atoms with Crippen molar-refractivity contribution in [1.82, 2.24) is 5.32 Å². The van der Waals surface area contributed by atoms with Crippen LogP contribution in [0.15, 0.2) is 24.3 Å². The highest BCUT2D eigenvalue weighted by Crippen LogP contribution is 2.10. The van der Waals surface area contributed by atoms with Crippen LogP contribution in [0.5, 0.6) is 5.75 Å². The normalized spacial score (nSPS) is 9.90. The van der Waals surface area contributed by atoms with E-state index in [0.29, 0.717) is 17.9 Å². The van der Waals surface area contributed by atoms with E-state index in [9.17, 15) is 9.59 Å². The van der Waals surface area contributed by atoms with Gasteiger partial charge in [0.1, 0.15) is 5.75 Å². The minimum absolute atomic E-state index is 0.186. The van der Waals surface area contributed by atoms with Crippen LogP contribution in [0.25, 0.3) is 0 Å². The second-order valence-electron chi connectivity index (χ2n) is 4.31. The van der Waals surface area contributed by atoms with E-state index >= 15 is 0 Å². The maximum atomic E-state index is 11.8. The van der Waals surface area contributed by atoms with E-state index < -0.39 is 0 Å². The predicted molar refractivity (Wildman–Crippen MR) is 75.8 cm³/mol. The molecule has 0 saturated carbocycles. The van der Waals surface area contributed by atoms with Crippen LogP contribution in [-0.2, 0) is 9.53 Å². The van der Waals surface area contributed by atoms with Crippen molar-refractivity contribution in [3.05, 3.63) is 29.8 Å². The van der Waals surface area contributed by atoms with Crippen molar-refractivity contribution in [1.29, 1.82) is 0 Å². The minimum atomic E-state index is -0.284. The van der Waals surface area contributed by atoms with E-state index in [2.05, 4.69) is 5.32 Å². The fourth-order valence-electron chi connectivity index (χ4n) is 1.53. The summed E-state index contributed by atoms with van der Waals surface area (Å²) in [5.74, 6) is 0.198. The number of hydrogen-bond acceptors (Lipinski definition) is 4. The largest absolute Gasteiger partial charge is 0.497 e. The fourth-order valence-corrected chi connectivity index (χ4v) is 1.53. The fraction of sp³-hybridized carbons (Fsp3) is 0.467. The molecule has 0 aliphatic rings. The van der Waals surface area contributed by atoms with Crippen molar-refractivity contribution >= 4 is 11.9 Å². The Morgan fingerprint density at radius 2 is 1.90 bits per heavy atom. The van der Waals surface area contributed by atoms with Crippen LogP contribution >= 0.6 is 0 Å². The Kier molecular flexibility index (Phi) is 7.17. The number of esters is 1. The lowest BCUT2D eigenvalue weighted by molar-refractivity contribution is -0.143. The van der Waals surface area contributed by atoms with Crippen molar-refractivity contribution in [2.24, 2.45) is 0 Å². The highest BCUT2D eigenvalue weighted by atomic mass is 16.5. The first-order valence-corrected chi connectivity index (χ1v) is 6.75. The molecule has 5 heteroatoms. The van der Waals surface area contributed by atoms with Gasteiger partial charge in [-0.25, -0.2) is 0 Å². The number of unbranched alkanes of at least 4 members (excludes halogenated alkanes) is 1. The van der Waals surface area contributed by atoms with Gasteiger partial charge in [0.25, 0.3) is 5.91 Å². The monoisotopic (exact) mass is 279 g/mol. The Balaban J connectivity index is 2.27. The lowest BCUT2D eigenvalue weighted by atomic mass is 10.2. The SMILES string of the molecule is CCCCOC(=O)CCNC(=O)c1ccc(OC)cc1. The number of hydrogen-bond donors (Lipinski definition) is 1. The van der Waals surface area contributed by atoms with Gasteiger partial charge in [-0.3, -0.25) is 9.59 Å². The first kappa shape index (κ1) is 16.0. The Bertz CT molecular complexity index is 428. The topological polar surface area (TPSA) is 64.6 Å². The summed E-state index contributed by atoms with van der Waals surface area (Å²) in [5, 5.41) is 2.68. The summed E-state index contributed by atoms with van der Waals surface area (Å²) in [6.45, 7) is 2.75. The standard InChI is InChI=1S/C15H21NO4/c1-3-4-11-20-14(17)9-10-16-15(18)12-5-7-13(19-2)8-6-12/h5-8H,3-4,9-11H2,1-2H3,(H,16,18). The zero-order valence-corrected chi connectivity index (χ0v) is 12.0. The van der Waals surface area contributed by atoms with Crippen molar-refractivity contribution in [2.75, 3.05) is 20.3 Å². The molecule has 0 spiro atoms. The molecule has 1 aromatic rings. The molecular formula is C15H21NO4. The molecule has 1 amide bonds. The summed E-state index contributed by atoms with van der Waals surface area (Å²) >= 11 is 0. The van der Waals surface area contributed by atoms with Gasteiger partial charge in [-0.05, 0) is 30.7 Å². The lowest BCUT2D eigenvalue weighted by Crippen LogP contribution is -2.26. The first-order chi connectivity index (χ1) is 9.67. The molecule has 1 rings (SSSR count). The van der Waals surface area contributed by atoms with Gasteiger partial charge in [0.2, 0.25) is 0 Å². The third-order valence-electron chi connectivity index (χ3n) is 2.73. The minimum Gasteiger partial charge on any atom is -0.497 e. The number of carbonyl (C=O) groups is 2. The molecule has 0 aromatic heterocycles. The molecule has 0 unspecified atom stereocenters. The summed E-state index contributed by atoms with van der Waals surface area (Å²) in [5.41, 5.74) is 0.533. The molecule has 0 radical (unpaired) electrons. The number of nitrogens with one attached hydrogen (secondary N) is 1. The summed E-state index contributed by atoms with van der Waals surface area (Å²) in [4.78, 5) is 23.1. The number of rotatable bonds is 8. The van der Waals surface area contributed by atoms with E-state index in [1.54, 1.807) is 31.4 Å². The summed E-state index contributed by atoms with van der Waals surface area (Å²) in [6, 6.07) is 6.78. The molecular weight excluding hydrogens is 258 g/mol. The predicted octanol–water partition coefficient (Wildman–Crippen LogP) is 2.16. The zero-order valence-electron chi connectivity index (χ0n) is 12.0. The zero-order chi connectivity index (χ0) is 14.8. The smallest absolute Gasteiger partial charge is 0.307 e. The van der Waals surface area contributed by atoms with Crippen LogP contribution in [-0.4, -0.2) is 32.1 Å². The van der Waals surface area contributed by atoms with Crippen molar-refractivity contribution in [3.63, 3.8) is 0 Å².